The molecule has 2 rings (SSSR count). The highest BCUT2D eigenvalue weighted by Crippen LogP contribution is 2.36. The third-order valence-electron chi connectivity index (χ3n) is 4.21. The Labute approximate surface area is 142 Å². The second-order valence-corrected chi connectivity index (χ2v) is 11.2. The molecule has 0 amide bonds. The Kier molecular flexibility index (Phi) is 5.84. The minimum absolute atomic E-state index is 0.0340. The topological polar surface area (TPSA) is 9.23 Å². The predicted octanol–water partition coefficient (Wildman–Crippen LogP) is 4.88. The zero-order valence-corrected chi connectivity index (χ0v) is 15.8. The molecule has 0 aliphatic heterocycles. The Morgan fingerprint density at radius 3 is 1.74 bits per heavy atom. The van der Waals surface area contributed by atoms with E-state index in [-0.39, 0.29) is 5.04 Å². The van der Waals surface area contributed by atoms with Gasteiger partial charge in [0.25, 0.3) is 0 Å². The van der Waals surface area contributed by atoms with Gasteiger partial charge in [-0.3, -0.25) is 0 Å². The van der Waals surface area contributed by atoms with Crippen LogP contribution in [0, 0.1) is 0 Å². The van der Waals surface area contributed by atoms with Crippen molar-refractivity contribution >= 4 is 18.7 Å². The molecule has 2 heteroatoms. The summed E-state index contributed by atoms with van der Waals surface area (Å²) in [5, 5.41) is 2.67. The molecule has 0 saturated heterocycles. The van der Waals surface area contributed by atoms with Crippen LogP contribution in [-0.2, 0) is 4.43 Å². The Balaban J connectivity index is 2.60. The largest absolute Gasteiger partial charge is 0.540 e. The van der Waals surface area contributed by atoms with Gasteiger partial charge in [0.2, 0.25) is 0 Å². The minimum atomic E-state index is -2.39. The predicted molar refractivity (Wildman–Crippen MR) is 103 cm³/mol. The van der Waals surface area contributed by atoms with Gasteiger partial charge >= 0.3 is 8.32 Å². The fraction of sp³-hybridized carbons (Fsp3) is 0.333. The van der Waals surface area contributed by atoms with Crippen LogP contribution in [0.2, 0.25) is 5.04 Å². The zero-order valence-electron chi connectivity index (χ0n) is 14.8. The molecule has 0 spiro atoms. The highest BCUT2D eigenvalue weighted by atomic mass is 28.4. The number of hydrogen-bond acceptors (Lipinski definition) is 1. The average Bonchev–Trinajstić information content (AvgIpc) is 2.55. The summed E-state index contributed by atoms with van der Waals surface area (Å²) in [6.45, 7) is 9.08. The number of unbranched alkanes of at least 4 members (excludes halogenated alkanes) is 1. The third-order valence-corrected chi connectivity index (χ3v) is 9.11. The van der Waals surface area contributed by atoms with Crippen LogP contribution in [0.1, 0.15) is 40.5 Å². The summed E-state index contributed by atoms with van der Waals surface area (Å²) in [7, 11) is -2.39. The third kappa shape index (κ3) is 3.76. The number of benzene rings is 2. The van der Waals surface area contributed by atoms with E-state index in [0.717, 1.165) is 12.8 Å². The van der Waals surface area contributed by atoms with Crippen LogP contribution in [0.4, 0.5) is 0 Å². The first-order valence-electron chi connectivity index (χ1n) is 8.46. The van der Waals surface area contributed by atoms with Crippen molar-refractivity contribution in [3.63, 3.8) is 0 Å². The molecule has 0 atom stereocenters. The van der Waals surface area contributed by atoms with Crippen LogP contribution in [-0.4, -0.2) is 8.32 Å². The standard InChI is InChI=1S/C21H28OSi/c1-5-6-13-18-22-23(21(2,3)4,19-14-9-7-10-15-19)20-16-11-8-12-17-20/h7-18H,5-6H2,1-4H3/b18-13+. The SMILES string of the molecule is CCC/C=C/O[Si](c1ccccc1)(c1ccccc1)C(C)(C)C. The van der Waals surface area contributed by atoms with Gasteiger partial charge in [-0.25, -0.2) is 0 Å². The smallest absolute Gasteiger partial charge is 0.319 e. The summed E-state index contributed by atoms with van der Waals surface area (Å²) in [4.78, 5) is 0. The molecule has 0 aliphatic carbocycles. The van der Waals surface area contributed by atoms with Crippen LogP contribution in [0.15, 0.2) is 73.0 Å². The van der Waals surface area contributed by atoms with E-state index >= 15 is 0 Å². The summed E-state index contributed by atoms with van der Waals surface area (Å²) < 4.78 is 6.63. The van der Waals surface area contributed by atoms with E-state index in [1.165, 1.54) is 10.4 Å². The molecule has 122 valence electrons. The average molecular weight is 325 g/mol. The zero-order chi connectivity index (χ0) is 16.8. The normalized spacial score (nSPS) is 12.5. The molecule has 0 heterocycles. The van der Waals surface area contributed by atoms with E-state index in [9.17, 15) is 0 Å². The number of hydrogen-bond donors (Lipinski definition) is 0. The summed E-state index contributed by atoms with van der Waals surface area (Å²) in [6, 6.07) is 21.5. The van der Waals surface area contributed by atoms with Gasteiger partial charge in [0, 0.05) is 0 Å². The van der Waals surface area contributed by atoms with Gasteiger partial charge < -0.3 is 4.43 Å². The van der Waals surface area contributed by atoms with Crippen molar-refractivity contribution in [1.82, 2.24) is 0 Å². The fourth-order valence-corrected chi connectivity index (χ4v) is 7.39. The first kappa shape index (κ1) is 17.5. The lowest BCUT2D eigenvalue weighted by molar-refractivity contribution is 0.442. The van der Waals surface area contributed by atoms with Crippen molar-refractivity contribution in [2.24, 2.45) is 0 Å². The Morgan fingerprint density at radius 2 is 1.35 bits per heavy atom. The van der Waals surface area contributed by atoms with Crippen molar-refractivity contribution in [3.8, 4) is 0 Å². The van der Waals surface area contributed by atoms with E-state index in [4.69, 9.17) is 4.43 Å². The monoisotopic (exact) mass is 324 g/mol. The fourth-order valence-electron chi connectivity index (χ4n) is 3.08. The van der Waals surface area contributed by atoms with Crippen LogP contribution in [0.3, 0.4) is 0 Å². The molecule has 23 heavy (non-hydrogen) atoms. The van der Waals surface area contributed by atoms with Crippen LogP contribution >= 0.6 is 0 Å². The molecule has 0 unspecified atom stereocenters. The van der Waals surface area contributed by atoms with E-state index < -0.39 is 8.32 Å². The van der Waals surface area contributed by atoms with E-state index in [1.54, 1.807) is 0 Å². The molecule has 0 radical (unpaired) electrons. The van der Waals surface area contributed by atoms with Crippen molar-refractivity contribution in [1.29, 1.82) is 0 Å². The van der Waals surface area contributed by atoms with E-state index in [2.05, 4.69) is 94.4 Å². The van der Waals surface area contributed by atoms with E-state index in [0.29, 0.717) is 0 Å². The van der Waals surface area contributed by atoms with E-state index in [1.807, 2.05) is 6.26 Å². The molecular formula is C21H28OSi. The molecule has 0 saturated carbocycles. The van der Waals surface area contributed by atoms with Gasteiger partial charge in [-0.05, 0) is 21.8 Å². The molecular weight excluding hydrogens is 296 g/mol. The molecule has 1 nitrogen and oxygen atoms in total. The van der Waals surface area contributed by atoms with Gasteiger partial charge in [0.05, 0.1) is 6.26 Å². The van der Waals surface area contributed by atoms with Crippen LogP contribution in [0.5, 0.6) is 0 Å². The summed E-state index contributed by atoms with van der Waals surface area (Å²) in [5.41, 5.74) is 0. The second kappa shape index (κ2) is 7.65. The quantitative estimate of drug-likeness (QED) is 0.544. The van der Waals surface area contributed by atoms with Crippen LogP contribution < -0.4 is 10.4 Å². The number of allylic oxidation sites excluding steroid dienone is 1. The lowest BCUT2D eigenvalue weighted by Gasteiger charge is -2.41. The Hall–Kier alpha value is -1.80. The minimum Gasteiger partial charge on any atom is -0.540 e. The lowest BCUT2D eigenvalue weighted by atomic mass is 10.2. The lowest BCUT2D eigenvalue weighted by Crippen LogP contribution is -2.65. The highest BCUT2D eigenvalue weighted by molar-refractivity contribution is 6.99. The van der Waals surface area contributed by atoms with Crippen molar-refractivity contribution < 1.29 is 4.43 Å². The van der Waals surface area contributed by atoms with Gasteiger partial charge in [-0.15, -0.1) is 0 Å². The van der Waals surface area contributed by atoms with Crippen LogP contribution in [0.25, 0.3) is 0 Å². The van der Waals surface area contributed by atoms with Crippen molar-refractivity contribution in [2.45, 2.75) is 45.6 Å². The first-order chi connectivity index (χ1) is 11.0. The highest BCUT2D eigenvalue weighted by Gasteiger charge is 2.51. The maximum absolute atomic E-state index is 6.63. The number of rotatable bonds is 6. The molecule has 2 aromatic rings. The summed E-state index contributed by atoms with van der Waals surface area (Å²) in [6.07, 6.45) is 6.29. The Morgan fingerprint density at radius 1 is 0.870 bits per heavy atom. The molecule has 0 bridgehead atoms. The maximum atomic E-state index is 6.63. The molecule has 0 N–H and O–H groups in total. The van der Waals surface area contributed by atoms with Gasteiger partial charge in [0.1, 0.15) is 0 Å². The summed E-state index contributed by atoms with van der Waals surface area (Å²) in [5.74, 6) is 0. The molecule has 0 fully saturated rings. The van der Waals surface area contributed by atoms with Gasteiger partial charge in [-0.2, -0.15) is 0 Å². The summed E-state index contributed by atoms with van der Waals surface area (Å²) >= 11 is 0. The van der Waals surface area contributed by atoms with Gasteiger partial charge in [0.15, 0.2) is 0 Å². The molecule has 0 aromatic heterocycles. The maximum Gasteiger partial charge on any atom is 0.319 e. The molecule has 0 aliphatic rings. The second-order valence-electron chi connectivity index (χ2n) is 6.94. The van der Waals surface area contributed by atoms with Crippen molar-refractivity contribution in [2.75, 3.05) is 0 Å². The Bertz CT molecular complexity index is 572. The van der Waals surface area contributed by atoms with Crippen molar-refractivity contribution in [3.05, 3.63) is 73.0 Å². The van der Waals surface area contributed by atoms with Gasteiger partial charge in [-0.1, -0.05) is 101 Å². The molecule has 2 aromatic carbocycles. The first-order valence-corrected chi connectivity index (χ1v) is 10.4.